The third-order valence-corrected chi connectivity index (χ3v) is 1.63. The van der Waals surface area contributed by atoms with E-state index in [0.717, 1.165) is 11.0 Å². The Morgan fingerprint density at radius 3 is 2.29 bits per heavy atom. The number of benzene rings is 1. The largest absolute Gasteiger partial charge is 0.351 e. The number of urea groups is 1. The fourth-order valence-corrected chi connectivity index (χ4v) is 1.03. The second-order valence-corrected chi connectivity index (χ2v) is 2.55. The van der Waals surface area contributed by atoms with Crippen molar-refractivity contribution < 1.29 is 9.59 Å². The molecule has 1 aromatic rings. The number of hydrogen-bond donors (Lipinski definition) is 1. The zero-order chi connectivity index (χ0) is 10.6. The summed E-state index contributed by atoms with van der Waals surface area (Å²) in [5, 5.41) is 0. The zero-order valence-electron chi connectivity index (χ0n) is 7.51. The van der Waals surface area contributed by atoms with Gasteiger partial charge in [0.05, 0.1) is 5.69 Å². The molecule has 0 aliphatic heterocycles. The maximum absolute atomic E-state index is 11.3. The van der Waals surface area contributed by atoms with Crippen LogP contribution >= 0.6 is 0 Å². The summed E-state index contributed by atoms with van der Waals surface area (Å²) in [6.45, 7) is 3.29. The summed E-state index contributed by atoms with van der Waals surface area (Å²) in [4.78, 5) is 23.1. The quantitative estimate of drug-likeness (QED) is 0.714. The first-order valence-electron chi connectivity index (χ1n) is 3.98. The van der Waals surface area contributed by atoms with Crippen molar-refractivity contribution in [2.75, 3.05) is 4.90 Å². The molecule has 0 saturated carbocycles. The van der Waals surface area contributed by atoms with E-state index >= 15 is 0 Å². The maximum atomic E-state index is 11.3. The van der Waals surface area contributed by atoms with Crippen LogP contribution in [0.4, 0.5) is 10.5 Å². The topological polar surface area (TPSA) is 63.4 Å². The Morgan fingerprint density at radius 1 is 1.29 bits per heavy atom. The molecule has 1 rings (SSSR count). The number of para-hydroxylation sites is 1. The molecule has 0 radical (unpaired) electrons. The molecular formula is C10H10N2O2. The molecule has 0 atom stereocenters. The van der Waals surface area contributed by atoms with Gasteiger partial charge in [-0.15, -0.1) is 0 Å². The van der Waals surface area contributed by atoms with E-state index in [0.29, 0.717) is 5.69 Å². The van der Waals surface area contributed by atoms with E-state index in [4.69, 9.17) is 5.73 Å². The number of rotatable bonds is 2. The highest BCUT2D eigenvalue weighted by Gasteiger charge is 2.17. The monoisotopic (exact) mass is 190 g/mol. The smallest absolute Gasteiger partial charge is 0.326 e. The van der Waals surface area contributed by atoms with Gasteiger partial charge in [0, 0.05) is 0 Å². The van der Waals surface area contributed by atoms with Crippen LogP contribution < -0.4 is 10.6 Å². The van der Waals surface area contributed by atoms with Crippen molar-refractivity contribution in [3.63, 3.8) is 0 Å². The predicted molar refractivity (Wildman–Crippen MR) is 53.7 cm³/mol. The molecule has 3 amide bonds. The summed E-state index contributed by atoms with van der Waals surface area (Å²) >= 11 is 0. The summed E-state index contributed by atoms with van der Waals surface area (Å²) < 4.78 is 0. The highest BCUT2D eigenvalue weighted by molar-refractivity contribution is 6.17. The normalized spacial score (nSPS) is 9.14. The summed E-state index contributed by atoms with van der Waals surface area (Å²) in [6.07, 6.45) is 1.04. The summed E-state index contributed by atoms with van der Waals surface area (Å²) in [5.41, 5.74) is 5.50. The SMILES string of the molecule is C=CC(=O)N(C(N)=O)c1ccccc1. The van der Waals surface area contributed by atoms with Gasteiger partial charge in [0.2, 0.25) is 0 Å². The second kappa shape index (κ2) is 4.23. The fourth-order valence-electron chi connectivity index (χ4n) is 1.03. The number of hydrogen-bond acceptors (Lipinski definition) is 2. The molecule has 0 aliphatic carbocycles. The van der Waals surface area contributed by atoms with Gasteiger partial charge in [0.25, 0.3) is 5.91 Å². The number of amides is 3. The molecule has 4 heteroatoms. The van der Waals surface area contributed by atoms with Crippen LogP contribution in [0.25, 0.3) is 0 Å². The van der Waals surface area contributed by atoms with Crippen LogP contribution in [0.5, 0.6) is 0 Å². The molecule has 4 nitrogen and oxygen atoms in total. The minimum absolute atomic E-state index is 0.435. The Labute approximate surface area is 81.6 Å². The van der Waals surface area contributed by atoms with Crippen LogP contribution in [-0.4, -0.2) is 11.9 Å². The third-order valence-electron chi connectivity index (χ3n) is 1.63. The molecule has 0 aliphatic rings. The molecule has 0 aromatic heterocycles. The molecule has 0 bridgehead atoms. The number of nitrogens with two attached hydrogens (primary N) is 1. The first-order valence-corrected chi connectivity index (χ1v) is 3.98. The van der Waals surface area contributed by atoms with Crippen molar-refractivity contribution in [3.05, 3.63) is 43.0 Å². The second-order valence-electron chi connectivity index (χ2n) is 2.55. The van der Waals surface area contributed by atoms with E-state index < -0.39 is 11.9 Å². The number of primary amides is 1. The van der Waals surface area contributed by atoms with E-state index in [1.807, 2.05) is 0 Å². The van der Waals surface area contributed by atoms with Crippen LogP contribution in [0, 0.1) is 0 Å². The predicted octanol–water partition coefficient (Wildman–Crippen LogP) is 1.28. The first-order chi connectivity index (χ1) is 6.66. The van der Waals surface area contributed by atoms with Gasteiger partial charge in [-0.3, -0.25) is 4.79 Å². The third kappa shape index (κ3) is 1.98. The highest BCUT2D eigenvalue weighted by atomic mass is 16.2. The van der Waals surface area contributed by atoms with Crippen LogP contribution in [0.3, 0.4) is 0 Å². The lowest BCUT2D eigenvalue weighted by Crippen LogP contribution is -2.39. The van der Waals surface area contributed by atoms with Crippen molar-refractivity contribution in [2.45, 2.75) is 0 Å². The molecule has 1 aromatic carbocycles. The molecule has 0 saturated heterocycles. The standard InChI is InChI=1S/C10H10N2O2/c1-2-9(13)12(10(11)14)8-6-4-3-5-7-8/h2-7H,1H2,(H2,11,14). The average molecular weight is 190 g/mol. The Morgan fingerprint density at radius 2 is 1.86 bits per heavy atom. The number of nitrogens with zero attached hydrogens (tertiary/aromatic N) is 1. The minimum atomic E-state index is -0.818. The summed E-state index contributed by atoms with van der Waals surface area (Å²) in [6, 6.07) is 7.61. The van der Waals surface area contributed by atoms with Crippen LogP contribution in [-0.2, 0) is 4.79 Å². The molecule has 72 valence electrons. The number of carbonyl (C=O) groups excluding carboxylic acids is 2. The number of anilines is 1. The van der Waals surface area contributed by atoms with Crippen molar-refractivity contribution in [2.24, 2.45) is 5.73 Å². The van der Waals surface area contributed by atoms with E-state index in [1.165, 1.54) is 0 Å². The zero-order valence-corrected chi connectivity index (χ0v) is 7.51. The van der Waals surface area contributed by atoms with Gasteiger partial charge in [-0.1, -0.05) is 24.8 Å². The Balaban J connectivity index is 3.07. The van der Waals surface area contributed by atoms with Gasteiger partial charge in [0.1, 0.15) is 0 Å². The van der Waals surface area contributed by atoms with Crippen LogP contribution in [0.2, 0.25) is 0 Å². The van der Waals surface area contributed by atoms with Crippen molar-refractivity contribution >= 4 is 17.6 Å². The lowest BCUT2D eigenvalue weighted by atomic mass is 10.3. The summed E-state index contributed by atoms with van der Waals surface area (Å²) in [5.74, 6) is -0.538. The van der Waals surface area contributed by atoms with Gasteiger partial charge < -0.3 is 5.73 Å². The van der Waals surface area contributed by atoms with E-state index in [1.54, 1.807) is 30.3 Å². The number of imide groups is 1. The van der Waals surface area contributed by atoms with E-state index in [-0.39, 0.29) is 0 Å². The molecule has 0 fully saturated rings. The molecule has 14 heavy (non-hydrogen) atoms. The van der Waals surface area contributed by atoms with Gasteiger partial charge in [0.15, 0.2) is 0 Å². The highest BCUT2D eigenvalue weighted by Crippen LogP contribution is 2.12. The lowest BCUT2D eigenvalue weighted by molar-refractivity contribution is -0.113. The maximum Gasteiger partial charge on any atom is 0.326 e. The minimum Gasteiger partial charge on any atom is -0.351 e. The Bertz CT molecular complexity index is 360. The molecule has 0 heterocycles. The molecular weight excluding hydrogens is 180 g/mol. The average Bonchev–Trinajstić information content (AvgIpc) is 2.19. The Kier molecular flexibility index (Phi) is 3.01. The van der Waals surface area contributed by atoms with Crippen molar-refractivity contribution in [1.82, 2.24) is 0 Å². The van der Waals surface area contributed by atoms with Crippen molar-refractivity contribution in [1.29, 1.82) is 0 Å². The van der Waals surface area contributed by atoms with Gasteiger partial charge in [-0.2, -0.15) is 0 Å². The van der Waals surface area contributed by atoms with Crippen LogP contribution in [0.1, 0.15) is 0 Å². The van der Waals surface area contributed by atoms with Crippen LogP contribution in [0.15, 0.2) is 43.0 Å². The molecule has 2 N–H and O–H groups in total. The van der Waals surface area contributed by atoms with Gasteiger partial charge in [-0.25, -0.2) is 9.69 Å². The lowest BCUT2D eigenvalue weighted by Gasteiger charge is -2.15. The van der Waals surface area contributed by atoms with E-state index in [2.05, 4.69) is 6.58 Å². The Hall–Kier alpha value is -2.10. The molecule has 0 unspecified atom stereocenters. The summed E-state index contributed by atoms with van der Waals surface area (Å²) in [7, 11) is 0. The number of carbonyl (C=O) groups is 2. The van der Waals surface area contributed by atoms with Gasteiger partial charge in [-0.05, 0) is 18.2 Å². The first kappa shape index (κ1) is 9.98. The molecule has 0 spiro atoms. The van der Waals surface area contributed by atoms with Crippen molar-refractivity contribution in [3.8, 4) is 0 Å². The van der Waals surface area contributed by atoms with E-state index in [9.17, 15) is 9.59 Å². The van der Waals surface area contributed by atoms with Gasteiger partial charge >= 0.3 is 6.03 Å². The fraction of sp³-hybridized carbons (Fsp3) is 0.